The molecule has 178 valence electrons. The van der Waals surface area contributed by atoms with Crippen LogP contribution in [-0.4, -0.2) is 34.6 Å². The van der Waals surface area contributed by atoms with Crippen molar-refractivity contribution >= 4 is 22.9 Å². The SMILES string of the molecule is COC(=O)C=Cc1ccc2c(c1)CCC2N(CCc1c[nH]c2ccccc12)Cc1ccccc1O. The molecule has 1 unspecified atom stereocenters. The second-order valence-electron chi connectivity index (χ2n) is 9.08. The Bertz CT molecular complexity index is 1370. The maximum absolute atomic E-state index is 11.5. The van der Waals surface area contributed by atoms with Crippen LogP contribution in [0.3, 0.4) is 0 Å². The van der Waals surface area contributed by atoms with E-state index in [1.807, 2.05) is 18.2 Å². The molecule has 1 aliphatic carbocycles. The number of methoxy groups -OCH3 is 1. The number of aromatic nitrogens is 1. The molecule has 1 aromatic heterocycles. The molecule has 5 nitrogen and oxygen atoms in total. The average molecular weight is 467 g/mol. The largest absolute Gasteiger partial charge is 0.508 e. The van der Waals surface area contributed by atoms with Gasteiger partial charge in [-0.25, -0.2) is 4.79 Å². The molecule has 0 radical (unpaired) electrons. The first-order chi connectivity index (χ1) is 17.1. The van der Waals surface area contributed by atoms with Crippen LogP contribution in [0.1, 0.15) is 40.3 Å². The number of aryl methyl sites for hydroxylation is 1. The first-order valence-corrected chi connectivity index (χ1v) is 12.1. The van der Waals surface area contributed by atoms with E-state index in [2.05, 4.69) is 58.5 Å². The topological polar surface area (TPSA) is 65.6 Å². The third kappa shape index (κ3) is 5.00. The van der Waals surface area contributed by atoms with Gasteiger partial charge < -0.3 is 14.8 Å². The Morgan fingerprint density at radius 2 is 1.94 bits per heavy atom. The number of esters is 1. The van der Waals surface area contributed by atoms with E-state index in [-0.39, 0.29) is 12.0 Å². The number of aromatic amines is 1. The zero-order valence-electron chi connectivity index (χ0n) is 19.9. The van der Waals surface area contributed by atoms with Crippen molar-refractivity contribution in [3.8, 4) is 5.75 Å². The van der Waals surface area contributed by atoms with Crippen LogP contribution in [0.4, 0.5) is 0 Å². The molecule has 4 aromatic rings. The maximum atomic E-state index is 11.5. The lowest BCUT2D eigenvalue weighted by molar-refractivity contribution is -0.134. The maximum Gasteiger partial charge on any atom is 0.330 e. The van der Waals surface area contributed by atoms with Crippen molar-refractivity contribution in [2.24, 2.45) is 0 Å². The summed E-state index contributed by atoms with van der Waals surface area (Å²) in [7, 11) is 1.38. The molecule has 0 spiro atoms. The zero-order chi connectivity index (χ0) is 24.2. The highest BCUT2D eigenvalue weighted by Gasteiger charge is 2.28. The van der Waals surface area contributed by atoms with Crippen LogP contribution in [0.15, 0.2) is 79.0 Å². The van der Waals surface area contributed by atoms with Crippen LogP contribution in [0, 0.1) is 0 Å². The third-order valence-electron chi connectivity index (χ3n) is 6.98. The number of para-hydroxylation sites is 2. The minimum atomic E-state index is -0.352. The van der Waals surface area contributed by atoms with E-state index in [4.69, 9.17) is 4.74 Å². The van der Waals surface area contributed by atoms with Crippen molar-refractivity contribution in [1.82, 2.24) is 9.88 Å². The summed E-state index contributed by atoms with van der Waals surface area (Å²) in [6.07, 6.45) is 8.32. The minimum absolute atomic E-state index is 0.272. The van der Waals surface area contributed by atoms with Crippen molar-refractivity contribution < 1.29 is 14.6 Å². The summed E-state index contributed by atoms with van der Waals surface area (Å²) in [5, 5.41) is 11.7. The predicted molar refractivity (Wildman–Crippen MR) is 139 cm³/mol. The number of carbonyl (C=O) groups excluding carboxylic acids is 1. The van der Waals surface area contributed by atoms with Crippen molar-refractivity contribution in [2.45, 2.75) is 31.8 Å². The highest BCUT2D eigenvalue weighted by atomic mass is 16.5. The molecule has 1 heterocycles. The van der Waals surface area contributed by atoms with Crippen LogP contribution in [-0.2, 0) is 28.9 Å². The van der Waals surface area contributed by atoms with Crippen LogP contribution in [0.5, 0.6) is 5.75 Å². The van der Waals surface area contributed by atoms with Gasteiger partial charge in [-0.15, -0.1) is 0 Å². The molecule has 0 amide bonds. The number of nitrogens with one attached hydrogen (secondary N) is 1. The molecule has 2 N–H and O–H groups in total. The highest BCUT2D eigenvalue weighted by molar-refractivity contribution is 5.87. The number of hydrogen-bond acceptors (Lipinski definition) is 4. The third-order valence-corrected chi connectivity index (χ3v) is 6.98. The van der Waals surface area contributed by atoms with E-state index in [1.54, 1.807) is 12.1 Å². The summed E-state index contributed by atoms with van der Waals surface area (Å²) in [4.78, 5) is 17.4. The fourth-order valence-electron chi connectivity index (χ4n) is 5.14. The number of aromatic hydroxyl groups is 1. The molecule has 5 heteroatoms. The lowest BCUT2D eigenvalue weighted by Crippen LogP contribution is -2.29. The van der Waals surface area contributed by atoms with Gasteiger partial charge in [-0.05, 0) is 59.7 Å². The van der Waals surface area contributed by atoms with Crippen molar-refractivity contribution in [1.29, 1.82) is 0 Å². The van der Waals surface area contributed by atoms with Gasteiger partial charge in [0.2, 0.25) is 0 Å². The number of phenols is 1. The molecular weight excluding hydrogens is 436 g/mol. The van der Waals surface area contributed by atoms with Crippen molar-refractivity contribution in [3.05, 3.63) is 107 Å². The van der Waals surface area contributed by atoms with Crippen LogP contribution < -0.4 is 0 Å². The standard InChI is InChI=1S/C30H30N2O3/c1-35-30(34)15-11-21-10-13-26-22(18-21)12-14-28(26)32(20-24-6-2-5-9-29(24)33)17-16-23-19-31-27-8-4-3-7-25(23)27/h2-11,13,15,18-19,28,31,33H,12,14,16-17,20H2,1H3. The molecule has 0 aliphatic heterocycles. The number of fused-ring (bicyclic) bond motifs is 2. The van der Waals surface area contributed by atoms with E-state index < -0.39 is 0 Å². The number of phenolic OH excluding ortho intramolecular Hbond substituents is 1. The Hall–Kier alpha value is -3.83. The lowest BCUT2D eigenvalue weighted by atomic mass is 10.0. The Balaban J connectivity index is 1.41. The molecule has 0 saturated carbocycles. The first-order valence-electron chi connectivity index (χ1n) is 12.1. The van der Waals surface area contributed by atoms with Gasteiger partial charge in [0, 0.05) is 47.9 Å². The van der Waals surface area contributed by atoms with E-state index in [0.717, 1.165) is 42.5 Å². The minimum Gasteiger partial charge on any atom is -0.508 e. The molecule has 1 aliphatic rings. The van der Waals surface area contributed by atoms with Gasteiger partial charge in [0.1, 0.15) is 5.75 Å². The number of benzene rings is 3. The van der Waals surface area contributed by atoms with Gasteiger partial charge in [-0.1, -0.05) is 54.6 Å². The molecule has 0 fully saturated rings. The van der Waals surface area contributed by atoms with E-state index in [9.17, 15) is 9.90 Å². The number of ether oxygens (including phenoxy) is 1. The predicted octanol–water partition coefficient (Wildman–Crippen LogP) is 5.79. The number of H-pyrrole nitrogens is 1. The summed E-state index contributed by atoms with van der Waals surface area (Å²) in [6.45, 7) is 1.56. The van der Waals surface area contributed by atoms with E-state index >= 15 is 0 Å². The summed E-state index contributed by atoms with van der Waals surface area (Å²) in [5.41, 5.74) is 7.06. The number of rotatable bonds is 8. The number of nitrogens with zero attached hydrogens (tertiary/aromatic N) is 1. The monoisotopic (exact) mass is 466 g/mol. The molecule has 0 bridgehead atoms. The van der Waals surface area contributed by atoms with Crippen LogP contribution in [0.25, 0.3) is 17.0 Å². The zero-order valence-corrected chi connectivity index (χ0v) is 19.9. The lowest BCUT2D eigenvalue weighted by Gasteiger charge is -2.30. The normalized spacial score (nSPS) is 15.2. The van der Waals surface area contributed by atoms with Crippen LogP contribution in [0.2, 0.25) is 0 Å². The Morgan fingerprint density at radius 3 is 2.80 bits per heavy atom. The fourth-order valence-corrected chi connectivity index (χ4v) is 5.14. The average Bonchev–Trinajstić information content (AvgIpc) is 3.50. The Labute approximate surface area is 205 Å². The summed E-state index contributed by atoms with van der Waals surface area (Å²) >= 11 is 0. The second-order valence-corrected chi connectivity index (χ2v) is 9.08. The van der Waals surface area contributed by atoms with Gasteiger partial charge >= 0.3 is 5.97 Å². The van der Waals surface area contributed by atoms with Gasteiger partial charge in [0.15, 0.2) is 0 Å². The van der Waals surface area contributed by atoms with Gasteiger partial charge in [0.25, 0.3) is 0 Å². The van der Waals surface area contributed by atoms with Crippen molar-refractivity contribution in [2.75, 3.05) is 13.7 Å². The highest BCUT2D eigenvalue weighted by Crippen LogP contribution is 2.38. The molecule has 3 aromatic carbocycles. The van der Waals surface area contributed by atoms with Crippen LogP contribution >= 0.6 is 0 Å². The quantitative estimate of drug-likeness (QED) is 0.255. The fraction of sp³-hybridized carbons (Fsp3) is 0.233. The van der Waals surface area contributed by atoms with Crippen molar-refractivity contribution in [3.63, 3.8) is 0 Å². The Kier molecular flexibility index (Phi) is 6.68. The molecular formula is C30H30N2O3. The van der Waals surface area contributed by atoms with Gasteiger partial charge in [0.05, 0.1) is 7.11 Å². The number of carbonyl (C=O) groups is 1. The summed E-state index contributed by atoms with van der Waals surface area (Å²) in [6, 6.07) is 22.7. The second kappa shape index (κ2) is 10.2. The molecule has 0 saturated heterocycles. The Morgan fingerprint density at radius 1 is 1.11 bits per heavy atom. The number of hydrogen-bond donors (Lipinski definition) is 2. The summed E-state index contributed by atoms with van der Waals surface area (Å²) in [5.74, 6) is -0.0133. The molecule has 5 rings (SSSR count). The molecule has 35 heavy (non-hydrogen) atoms. The summed E-state index contributed by atoms with van der Waals surface area (Å²) < 4.78 is 4.71. The molecule has 1 atom stereocenters. The van der Waals surface area contributed by atoms with Gasteiger partial charge in [-0.3, -0.25) is 4.90 Å². The smallest absolute Gasteiger partial charge is 0.330 e. The van der Waals surface area contributed by atoms with E-state index in [0.29, 0.717) is 12.3 Å². The van der Waals surface area contributed by atoms with Gasteiger partial charge in [-0.2, -0.15) is 0 Å². The van der Waals surface area contributed by atoms with E-state index in [1.165, 1.54) is 35.3 Å². The first kappa shape index (κ1) is 22.9.